The second-order valence-electron chi connectivity index (χ2n) is 9.06. The molecule has 0 saturated carbocycles. The van der Waals surface area contributed by atoms with E-state index in [4.69, 9.17) is 24.7 Å². The monoisotopic (exact) mass is 498 g/mol. The summed E-state index contributed by atoms with van der Waals surface area (Å²) in [6, 6.07) is 8.44. The number of hydrogen-bond donors (Lipinski definition) is 1. The van der Waals surface area contributed by atoms with E-state index in [2.05, 4.69) is 32.0 Å². The van der Waals surface area contributed by atoms with Gasteiger partial charge in [0.25, 0.3) is 0 Å². The van der Waals surface area contributed by atoms with Gasteiger partial charge in [-0.3, -0.25) is 9.47 Å². The number of piperidine rings is 1. The van der Waals surface area contributed by atoms with E-state index in [0.29, 0.717) is 24.3 Å². The normalized spacial score (nSPS) is 14.3. The number of nitrogen functional groups attached to an aromatic ring is 1. The molecule has 36 heavy (non-hydrogen) atoms. The minimum atomic E-state index is -0.858. The minimum Gasteiger partial charge on any atom is -0.461 e. The fourth-order valence-corrected chi connectivity index (χ4v) is 4.16. The first-order valence-corrected chi connectivity index (χ1v) is 12.3. The van der Waals surface area contributed by atoms with Gasteiger partial charge in [0, 0.05) is 13.7 Å². The number of methoxy groups -OCH3 is 1. The molecular weight excluding hydrogens is 464 g/mol. The Morgan fingerprint density at radius 1 is 1.06 bits per heavy atom. The number of likely N-dealkylation sites (tertiary alicyclic amines) is 1. The molecule has 11 heteroatoms. The van der Waals surface area contributed by atoms with E-state index < -0.39 is 6.16 Å². The Labute approximate surface area is 210 Å². The summed E-state index contributed by atoms with van der Waals surface area (Å²) in [4.78, 5) is 27.9. The van der Waals surface area contributed by atoms with Crippen LogP contribution in [-0.4, -0.2) is 70.1 Å². The summed E-state index contributed by atoms with van der Waals surface area (Å²) in [6.45, 7) is 7.61. The third-order valence-corrected chi connectivity index (χ3v) is 5.78. The first kappa shape index (κ1) is 25.6. The average molecular weight is 499 g/mol. The largest absolute Gasteiger partial charge is 0.516 e. The van der Waals surface area contributed by atoms with Crippen LogP contribution in [0.1, 0.15) is 44.2 Å². The number of hydrogen-bond acceptors (Lipinski definition) is 10. The molecule has 1 aromatic carbocycles. The fourth-order valence-electron chi connectivity index (χ4n) is 4.16. The number of anilines is 1. The lowest BCUT2D eigenvalue weighted by Crippen LogP contribution is -2.29. The predicted octanol–water partition coefficient (Wildman–Crippen LogP) is 3.39. The lowest BCUT2D eigenvalue weighted by molar-refractivity contribution is 0.0691. The van der Waals surface area contributed by atoms with Crippen molar-refractivity contribution in [2.45, 2.75) is 52.3 Å². The molecule has 0 bridgehead atoms. The zero-order valence-corrected chi connectivity index (χ0v) is 21.1. The van der Waals surface area contributed by atoms with Gasteiger partial charge in [0.1, 0.15) is 6.61 Å². The van der Waals surface area contributed by atoms with Gasteiger partial charge in [0.2, 0.25) is 0 Å². The number of imidazole rings is 1. The van der Waals surface area contributed by atoms with Gasteiger partial charge in [0.15, 0.2) is 17.0 Å². The summed E-state index contributed by atoms with van der Waals surface area (Å²) in [7, 11) is 1.58. The van der Waals surface area contributed by atoms with Crippen LogP contribution < -0.4 is 15.2 Å². The molecule has 1 fully saturated rings. The summed E-state index contributed by atoms with van der Waals surface area (Å²) in [5, 5.41) is 0. The Hall–Kier alpha value is -3.44. The Morgan fingerprint density at radius 2 is 1.81 bits per heavy atom. The number of benzene rings is 1. The molecule has 0 atom stereocenters. The number of ether oxygens (including phenoxy) is 4. The van der Waals surface area contributed by atoms with Gasteiger partial charge in [-0.1, -0.05) is 30.7 Å². The van der Waals surface area contributed by atoms with Crippen molar-refractivity contribution in [1.82, 2.24) is 24.4 Å². The van der Waals surface area contributed by atoms with Crippen molar-refractivity contribution >= 4 is 23.1 Å². The van der Waals surface area contributed by atoms with Crippen molar-refractivity contribution < 1.29 is 23.7 Å². The van der Waals surface area contributed by atoms with Crippen LogP contribution in [0.3, 0.4) is 0 Å². The molecule has 4 rings (SSSR count). The van der Waals surface area contributed by atoms with Crippen molar-refractivity contribution in [3.05, 3.63) is 35.4 Å². The number of fused-ring (bicyclic) bond motifs is 1. The first-order valence-electron chi connectivity index (χ1n) is 12.3. The van der Waals surface area contributed by atoms with Crippen LogP contribution in [0.4, 0.5) is 10.6 Å². The molecule has 2 aromatic heterocycles. The molecule has 1 saturated heterocycles. The summed E-state index contributed by atoms with van der Waals surface area (Å²) < 4.78 is 22.9. The molecule has 1 aliphatic rings. The summed E-state index contributed by atoms with van der Waals surface area (Å²) >= 11 is 0. The maximum atomic E-state index is 12.3. The van der Waals surface area contributed by atoms with Crippen LogP contribution in [0.25, 0.3) is 11.2 Å². The third-order valence-electron chi connectivity index (χ3n) is 5.78. The van der Waals surface area contributed by atoms with Crippen molar-refractivity contribution in [3.8, 4) is 12.0 Å². The summed E-state index contributed by atoms with van der Waals surface area (Å²) in [5.41, 5.74) is 9.09. The molecule has 2 N–H and O–H groups in total. The lowest BCUT2D eigenvalue weighted by Gasteiger charge is -2.26. The lowest BCUT2D eigenvalue weighted by atomic mass is 10.1. The van der Waals surface area contributed by atoms with Crippen LogP contribution in [0.2, 0.25) is 0 Å². The zero-order chi connectivity index (χ0) is 25.5. The highest BCUT2D eigenvalue weighted by molar-refractivity contribution is 5.83. The second kappa shape index (κ2) is 12.0. The standard InChI is InChI=1S/C25H34N6O5/c1-17(2)35-25(32)36-24-27-20-21(26)28-23(34-13-12-33-3)29-22(20)31(24)16-19-9-7-8-18(14-19)15-30-10-5-4-6-11-30/h7-9,14,17H,4-6,10-13,15-16H2,1-3H3,(H2,26,28,29). The highest BCUT2D eigenvalue weighted by atomic mass is 16.7. The van der Waals surface area contributed by atoms with Gasteiger partial charge in [-0.05, 0) is 50.9 Å². The highest BCUT2D eigenvalue weighted by Gasteiger charge is 2.22. The molecule has 3 aromatic rings. The van der Waals surface area contributed by atoms with Crippen LogP contribution >= 0.6 is 0 Å². The second-order valence-corrected chi connectivity index (χ2v) is 9.06. The highest BCUT2D eigenvalue weighted by Crippen LogP contribution is 2.27. The predicted molar refractivity (Wildman–Crippen MR) is 134 cm³/mol. The number of rotatable bonds is 10. The summed E-state index contributed by atoms with van der Waals surface area (Å²) in [5.74, 6) is 0.118. The van der Waals surface area contributed by atoms with Crippen LogP contribution in [0.5, 0.6) is 12.0 Å². The van der Waals surface area contributed by atoms with E-state index in [1.54, 1.807) is 25.5 Å². The van der Waals surface area contributed by atoms with Gasteiger partial charge < -0.3 is 24.7 Å². The van der Waals surface area contributed by atoms with Crippen LogP contribution in [-0.2, 0) is 22.6 Å². The molecule has 0 aliphatic carbocycles. The topological polar surface area (TPSA) is 127 Å². The Balaban J connectivity index is 1.65. The molecule has 194 valence electrons. The minimum absolute atomic E-state index is 0.0205. The number of carbonyl (C=O) groups excluding carboxylic acids is 1. The third kappa shape index (κ3) is 6.61. The fraction of sp³-hybridized carbons (Fsp3) is 0.520. The molecule has 0 amide bonds. The van der Waals surface area contributed by atoms with Crippen LogP contribution in [0, 0.1) is 0 Å². The number of nitrogens with two attached hydrogens (primary N) is 1. The van der Waals surface area contributed by atoms with Gasteiger partial charge in [-0.25, -0.2) is 4.79 Å². The average Bonchev–Trinajstić information content (AvgIpc) is 3.17. The van der Waals surface area contributed by atoms with Crippen molar-refractivity contribution in [2.75, 3.05) is 39.1 Å². The number of aromatic nitrogens is 4. The molecular formula is C25H34N6O5. The van der Waals surface area contributed by atoms with Crippen molar-refractivity contribution in [2.24, 2.45) is 0 Å². The SMILES string of the molecule is COCCOc1nc(N)c2nc(OC(=O)OC(C)C)n(Cc3cccc(CN4CCCCC4)c3)c2n1. The maximum absolute atomic E-state index is 12.3. The summed E-state index contributed by atoms with van der Waals surface area (Å²) in [6.07, 6.45) is 2.58. The van der Waals surface area contributed by atoms with Gasteiger partial charge in [-0.15, -0.1) is 0 Å². The molecule has 3 heterocycles. The molecule has 0 radical (unpaired) electrons. The maximum Gasteiger partial charge on any atom is 0.516 e. The van der Waals surface area contributed by atoms with Gasteiger partial charge in [-0.2, -0.15) is 15.0 Å². The Morgan fingerprint density at radius 3 is 2.53 bits per heavy atom. The smallest absolute Gasteiger partial charge is 0.461 e. The molecule has 1 aliphatic heterocycles. The molecule has 11 nitrogen and oxygen atoms in total. The van der Waals surface area contributed by atoms with Gasteiger partial charge in [0.05, 0.1) is 19.3 Å². The van der Waals surface area contributed by atoms with E-state index >= 15 is 0 Å². The number of nitrogens with zero attached hydrogens (tertiary/aromatic N) is 5. The van der Waals surface area contributed by atoms with E-state index in [1.165, 1.54) is 24.8 Å². The quantitative estimate of drug-likeness (QED) is 0.328. The Kier molecular flexibility index (Phi) is 8.55. The number of carbonyl (C=O) groups is 1. The first-order chi connectivity index (χ1) is 17.4. The molecule has 0 unspecified atom stereocenters. The zero-order valence-electron chi connectivity index (χ0n) is 21.1. The van der Waals surface area contributed by atoms with Crippen LogP contribution in [0.15, 0.2) is 24.3 Å². The van der Waals surface area contributed by atoms with E-state index in [9.17, 15) is 4.79 Å². The molecule has 0 spiro atoms. The van der Waals surface area contributed by atoms with Crippen molar-refractivity contribution in [3.63, 3.8) is 0 Å². The van der Waals surface area contributed by atoms with E-state index in [1.807, 2.05) is 12.1 Å². The van der Waals surface area contributed by atoms with Gasteiger partial charge >= 0.3 is 18.2 Å². The Bertz CT molecular complexity index is 1180. The van der Waals surface area contributed by atoms with E-state index in [0.717, 1.165) is 25.2 Å². The van der Waals surface area contributed by atoms with E-state index in [-0.39, 0.29) is 30.5 Å². The van der Waals surface area contributed by atoms with Crippen molar-refractivity contribution in [1.29, 1.82) is 0 Å².